The number of rotatable bonds is 7. The van der Waals surface area contributed by atoms with Crippen LogP contribution in [0.4, 0.5) is 5.69 Å². The molecular formula is C20H17ClN2O6S. The summed E-state index contributed by atoms with van der Waals surface area (Å²) in [5, 5.41) is 12.3. The van der Waals surface area contributed by atoms with Gasteiger partial charge >= 0.3 is 5.97 Å². The number of hydrogen-bond acceptors (Lipinski definition) is 7. The van der Waals surface area contributed by atoms with Crippen LogP contribution in [0.2, 0.25) is 5.02 Å². The van der Waals surface area contributed by atoms with E-state index in [1.54, 1.807) is 42.5 Å². The number of ether oxygens (including phenoxy) is 3. The quantitative estimate of drug-likeness (QED) is 0.622. The zero-order valence-electron chi connectivity index (χ0n) is 16.0. The summed E-state index contributed by atoms with van der Waals surface area (Å²) >= 11 is 7.19. The van der Waals surface area contributed by atoms with Gasteiger partial charge in [0.05, 0.1) is 19.1 Å². The molecule has 0 bridgehead atoms. The summed E-state index contributed by atoms with van der Waals surface area (Å²) < 4.78 is 15.7. The molecule has 10 heteroatoms. The van der Waals surface area contributed by atoms with Crippen LogP contribution in [0.1, 0.15) is 5.56 Å². The number of amides is 1. The van der Waals surface area contributed by atoms with Crippen molar-refractivity contribution in [2.24, 2.45) is 4.99 Å². The van der Waals surface area contributed by atoms with Crippen molar-refractivity contribution in [1.29, 1.82) is 0 Å². The summed E-state index contributed by atoms with van der Waals surface area (Å²) in [6.07, 6.45) is 1.67. The van der Waals surface area contributed by atoms with E-state index < -0.39 is 12.6 Å². The van der Waals surface area contributed by atoms with Crippen molar-refractivity contribution < 1.29 is 28.9 Å². The second-order valence-electron chi connectivity index (χ2n) is 5.89. The number of nitrogens with zero attached hydrogens (tertiary/aromatic N) is 1. The molecule has 0 radical (unpaired) electrons. The summed E-state index contributed by atoms with van der Waals surface area (Å²) in [5.74, 6) is -0.219. The minimum absolute atomic E-state index is 0.292. The molecule has 1 aliphatic rings. The Balaban J connectivity index is 1.83. The molecule has 8 nitrogen and oxygen atoms in total. The molecule has 30 heavy (non-hydrogen) atoms. The molecule has 2 N–H and O–H groups in total. The third-order valence-electron chi connectivity index (χ3n) is 3.85. The van der Waals surface area contributed by atoms with Gasteiger partial charge in [-0.05, 0) is 53.7 Å². The lowest BCUT2D eigenvalue weighted by molar-refractivity contribution is -0.139. The van der Waals surface area contributed by atoms with Crippen molar-refractivity contribution >= 4 is 52.2 Å². The molecule has 2 aromatic carbocycles. The second kappa shape index (κ2) is 9.55. The Hall–Kier alpha value is -3.17. The zero-order valence-corrected chi connectivity index (χ0v) is 17.5. The van der Waals surface area contributed by atoms with Crippen LogP contribution in [0.15, 0.2) is 46.3 Å². The molecule has 3 rings (SSSR count). The Kier molecular flexibility index (Phi) is 6.86. The fourth-order valence-electron chi connectivity index (χ4n) is 2.52. The molecule has 1 aliphatic heterocycles. The Morgan fingerprint density at radius 2 is 1.90 bits per heavy atom. The van der Waals surface area contributed by atoms with Crippen LogP contribution in [0.25, 0.3) is 6.08 Å². The van der Waals surface area contributed by atoms with Crippen LogP contribution in [0.5, 0.6) is 17.2 Å². The highest BCUT2D eigenvalue weighted by atomic mass is 35.5. The number of carbonyl (C=O) groups is 2. The Labute approximate surface area is 181 Å². The lowest BCUT2D eigenvalue weighted by atomic mass is 10.2. The Morgan fingerprint density at radius 1 is 1.17 bits per heavy atom. The fourth-order valence-corrected chi connectivity index (χ4v) is 3.53. The van der Waals surface area contributed by atoms with Gasteiger partial charge in [-0.1, -0.05) is 17.7 Å². The number of thioether (sulfide) groups is 1. The maximum Gasteiger partial charge on any atom is 0.341 e. The molecule has 0 aliphatic carbocycles. The number of benzene rings is 2. The van der Waals surface area contributed by atoms with E-state index in [2.05, 4.69) is 10.3 Å². The molecule has 0 aromatic heterocycles. The zero-order chi connectivity index (χ0) is 21.7. The van der Waals surface area contributed by atoms with Crippen molar-refractivity contribution in [2.45, 2.75) is 0 Å². The Morgan fingerprint density at radius 3 is 2.60 bits per heavy atom. The van der Waals surface area contributed by atoms with Crippen LogP contribution < -0.4 is 19.5 Å². The Bertz CT molecular complexity index is 1050. The van der Waals surface area contributed by atoms with Crippen molar-refractivity contribution in [3.63, 3.8) is 0 Å². The number of carboxylic acids is 1. The molecule has 0 spiro atoms. The lowest BCUT2D eigenvalue weighted by Gasteiger charge is -2.09. The van der Waals surface area contributed by atoms with Gasteiger partial charge in [-0.2, -0.15) is 0 Å². The minimum atomic E-state index is -1.09. The number of aliphatic carboxylic acids is 1. The van der Waals surface area contributed by atoms with Crippen molar-refractivity contribution in [3.05, 3.63) is 51.9 Å². The molecule has 0 saturated carbocycles. The van der Waals surface area contributed by atoms with E-state index >= 15 is 0 Å². The number of carbonyl (C=O) groups excluding carboxylic acids is 1. The van der Waals surface area contributed by atoms with E-state index in [0.29, 0.717) is 43.6 Å². The average molecular weight is 449 g/mol. The highest BCUT2D eigenvalue weighted by Gasteiger charge is 2.24. The maximum atomic E-state index is 12.3. The van der Waals surface area contributed by atoms with Gasteiger partial charge in [0.15, 0.2) is 23.3 Å². The standard InChI is InChI=1S/C20H17ClN2O6S/c1-27-14-6-4-12(21)9-13(14)22-20-23-19(26)17(30-20)8-11-3-5-15(16(7-11)28-2)29-10-18(24)25/h3-9H,10H2,1-2H3,(H,24,25)(H,22,23,26)/b17-8-. The van der Waals surface area contributed by atoms with Crippen molar-refractivity contribution in [3.8, 4) is 17.2 Å². The average Bonchev–Trinajstić information content (AvgIpc) is 3.05. The number of nitrogens with one attached hydrogen (secondary N) is 1. The van der Waals surface area contributed by atoms with Gasteiger partial charge < -0.3 is 24.6 Å². The first-order valence-electron chi connectivity index (χ1n) is 8.55. The number of hydrogen-bond donors (Lipinski definition) is 2. The molecule has 1 heterocycles. The first kappa shape index (κ1) is 21.5. The number of amidine groups is 1. The molecule has 2 aromatic rings. The van der Waals surface area contributed by atoms with Crippen molar-refractivity contribution in [2.75, 3.05) is 20.8 Å². The van der Waals surface area contributed by atoms with E-state index in [9.17, 15) is 9.59 Å². The van der Waals surface area contributed by atoms with E-state index in [1.165, 1.54) is 26.0 Å². The van der Waals surface area contributed by atoms with E-state index in [0.717, 1.165) is 0 Å². The monoisotopic (exact) mass is 448 g/mol. The van der Waals surface area contributed by atoms with Crippen LogP contribution in [0, 0.1) is 0 Å². The smallest absolute Gasteiger partial charge is 0.341 e. The molecule has 1 amide bonds. The molecule has 1 saturated heterocycles. The predicted octanol–water partition coefficient (Wildman–Crippen LogP) is 3.71. The summed E-state index contributed by atoms with van der Waals surface area (Å²) in [6.45, 7) is -0.484. The molecule has 0 atom stereocenters. The molecule has 1 fully saturated rings. The van der Waals surface area contributed by atoms with Crippen LogP contribution in [0.3, 0.4) is 0 Å². The number of halogens is 1. The first-order chi connectivity index (χ1) is 14.4. The summed E-state index contributed by atoms with van der Waals surface area (Å²) in [5.41, 5.74) is 1.17. The second-order valence-corrected chi connectivity index (χ2v) is 7.36. The number of aliphatic imine (C=N–C) groups is 1. The SMILES string of the molecule is COc1ccc(Cl)cc1N=C1NC(=O)/C(=C/c2ccc(OCC(=O)O)c(OC)c2)S1. The van der Waals surface area contributed by atoms with Gasteiger partial charge in [0.2, 0.25) is 0 Å². The van der Waals surface area contributed by atoms with Gasteiger partial charge in [0, 0.05) is 5.02 Å². The van der Waals surface area contributed by atoms with E-state index in [-0.39, 0.29) is 5.91 Å². The summed E-state index contributed by atoms with van der Waals surface area (Å²) in [6, 6.07) is 9.94. The third-order valence-corrected chi connectivity index (χ3v) is 5.00. The van der Waals surface area contributed by atoms with Gasteiger partial charge in [-0.3, -0.25) is 4.79 Å². The number of methoxy groups -OCH3 is 2. The predicted molar refractivity (Wildman–Crippen MR) is 115 cm³/mol. The lowest BCUT2D eigenvalue weighted by Crippen LogP contribution is -2.19. The molecule has 156 valence electrons. The normalized spacial score (nSPS) is 15.9. The van der Waals surface area contributed by atoms with E-state index in [1.807, 2.05) is 0 Å². The third kappa shape index (κ3) is 5.25. The molecular weight excluding hydrogens is 432 g/mol. The maximum absolute atomic E-state index is 12.3. The van der Waals surface area contributed by atoms with Gasteiger partial charge in [-0.25, -0.2) is 9.79 Å². The fraction of sp³-hybridized carbons (Fsp3) is 0.150. The number of carboxylic acid groups (broad SMARTS) is 1. The highest BCUT2D eigenvalue weighted by Crippen LogP contribution is 2.35. The highest BCUT2D eigenvalue weighted by molar-refractivity contribution is 8.18. The molecule has 0 unspecified atom stereocenters. The van der Waals surface area contributed by atoms with Crippen LogP contribution in [-0.2, 0) is 9.59 Å². The van der Waals surface area contributed by atoms with Crippen LogP contribution >= 0.6 is 23.4 Å². The topological polar surface area (TPSA) is 106 Å². The summed E-state index contributed by atoms with van der Waals surface area (Å²) in [4.78, 5) is 27.9. The minimum Gasteiger partial charge on any atom is -0.494 e. The van der Waals surface area contributed by atoms with Gasteiger partial charge in [0.25, 0.3) is 5.91 Å². The summed E-state index contributed by atoms with van der Waals surface area (Å²) in [7, 11) is 2.97. The van der Waals surface area contributed by atoms with Crippen LogP contribution in [-0.4, -0.2) is 43.0 Å². The van der Waals surface area contributed by atoms with Gasteiger partial charge in [-0.15, -0.1) is 0 Å². The first-order valence-corrected chi connectivity index (χ1v) is 9.75. The largest absolute Gasteiger partial charge is 0.494 e. The van der Waals surface area contributed by atoms with Crippen molar-refractivity contribution in [1.82, 2.24) is 5.32 Å². The van der Waals surface area contributed by atoms with E-state index in [4.69, 9.17) is 30.9 Å². The van der Waals surface area contributed by atoms with Gasteiger partial charge in [0.1, 0.15) is 11.4 Å².